The topological polar surface area (TPSA) is 96.5 Å². The highest BCUT2D eigenvalue weighted by atomic mass is 16.5. The van der Waals surface area contributed by atoms with Crippen LogP contribution in [0.3, 0.4) is 0 Å². The minimum absolute atomic E-state index is 0.0729. The Morgan fingerprint density at radius 1 is 1.31 bits per heavy atom. The molecule has 3 rings (SSSR count). The summed E-state index contributed by atoms with van der Waals surface area (Å²) in [4.78, 5) is 36.5. The molecule has 3 N–H and O–H groups in total. The first-order valence-electron chi connectivity index (χ1n) is 9.02. The molecule has 26 heavy (non-hydrogen) atoms. The summed E-state index contributed by atoms with van der Waals surface area (Å²) in [5, 5.41) is 8.75. The first-order valence-corrected chi connectivity index (χ1v) is 9.02. The monoisotopic (exact) mass is 359 g/mol. The second-order valence-corrected chi connectivity index (χ2v) is 6.90. The number of methoxy groups -OCH3 is 1. The molecule has 3 unspecified atom stereocenters. The van der Waals surface area contributed by atoms with Crippen molar-refractivity contribution in [1.29, 1.82) is 0 Å². The minimum atomic E-state index is -0.807. The fourth-order valence-corrected chi connectivity index (χ4v) is 3.70. The number of benzene rings is 1. The highest BCUT2D eigenvalue weighted by Crippen LogP contribution is 2.26. The molecule has 0 aromatic heterocycles. The van der Waals surface area contributed by atoms with Crippen LogP contribution >= 0.6 is 0 Å². The van der Waals surface area contributed by atoms with Gasteiger partial charge in [-0.1, -0.05) is 30.3 Å². The maximum atomic E-state index is 12.6. The van der Waals surface area contributed by atoms with Gasteiger partial charge in [0.15, 0.2) is 0 Å². The predicted octanol–water partition coefficient (Wildman–Crippen LogP) is 0.316. The molecule has 1 aromatic rings. The number of nitrogens with one attached hydrogen (secondary N) is 3. The molecule has 0 bridgehead atoms. The van der Waals surface area contributed by atoms with Crippen molar-refractivity contribution in [3.63, 3.8) is 0 Å². The van der Waals surface area contributed by atoms with Crippen molar-refractivity contribution in [2.75, 3.05) is 20.2 Å². The predicted molar refractivity (Wildman–Crippen MR) is 95.3 cm³/mol. The Morgan fingerprint density at radius 2 is 2.08 bits per heavy atom. The molecule has 7 heteroatoms. The molecular weight excluding hydrogens is 334 g/mol. The van der Waals surface area contributed by atoms with Gasteiger partial charge >= 0.3 is 5.97 Å². The van der Waals surface area contributed by atoms with E-state index in [0.29, 0.717) is 19.4 Å². The number of carbonyl (C=O) groups is 3. The van der Waals surface area contributed by atoms with E-state index in [0.717, 1.165) is 6.54 Å². The van der Waals surface area contributed by atoms with Crippen LogP contribution < -0.4 is 16.0 Å². The van der Waals surface area contributed by atoms with Gasteiger partial charge in [-0.25, -0.2) is 4.79 Å². The van der Waals surface area contributed by atoms with E-state index in [-0.39, 0.29) is 36.1 Å². The molecule has 140 valence electrons. The quantitative estimate of drug-likeness (QED) is 0.636. The third kappa shape index (κ3) is 4.22. The van der Waals surface area contributed by atoms with E-state index in [4.69, 9.17) is 4.74 Å². The van der Waals surface area contributed by atoms with Gasteiger partial charge in [0.1, 0.15) is 6.04 Å². The molecule has 7 nitrogen and oxygen atoms in total. The number of esters is 1. The summed E-state index contributed by atoms with van der Waals surface area (Å²) >= 11 is 0. The fraction of sp³-hybridized carbons (Fsp3) is 0.526. The smallest absolute Gasteiger partial charge is 0.328 e. The van der Waals surface area contributed by atoms with E-state index in [1.165, 1.54) is 12.7 Å². The van der Waals surface area contributed by atoms with Gasteiger partial charge in [0.25, 0.3) is 0 Å². The van der Waals surface area contributed by atoms with Crippen molar-refractivity contribution in [2.24, 2.45) is 5.92 Å². The molecule has 4 atom stereocenters. The van der Waals surface area contributed by atoms with Crippen LogP contribution in [0.25, 0.3) is 0 Å². The lowest BCUT2D eigenvalue weighted by molar-refractivity contribution is -0.146. The van der Waals surface area contributed by atoms with Crippen molar-refractivity contribution in [3.05, 3.63) is 35.9 Å². The summed E-state index contributed by atoms with van der Waals surface area (Å²) in [6, 6.07) is 8.90. The zero-order valence-corrected chi connectivity index (χ0v) is 14.9. The van der Waals surface area contributed by atoms with Crippen molar-refractivity contribution >= 4 is 17.8 Å². The highest BCUT2D eigenvalue weighted by Gasteiger charge is 2.35. The molecule has 0 spiro atoms. The van der Waals surface area contributed by atoms with Crippen LogP contribution in [0.4, 0.5) is 0 Å². The summed E-state index contributed by atoms with van der Waals surface area (Å²) in [6.07, 6.45) is 1.60. The Labute approximate surface area is 152 Å². The summed E-state index contributed by atoms with van der Waals surface area (Å²) < 4.78 is 4.81. The SMILES string of the molecule is COC(=O)C(C[C@@H]1CCNC1=O)NC(=O)C1CC(c2ccccc2)CN1. The average molecular weight is 359 g/mol. The van der Waals surface area contributed by atoms with Gasteiger partial charge in [0, 0.05) is 19.0 Å². The third-order valence-electron chi connectivity index (χ3n) is 5.20. The minimum Gasteiger partial charge on any atom is -0.467 e. The van der Waals surface area contributed by atoms with Crippen molar-refractivity contribution in [1.82, 2.24) is 16.0 Å². The molecule has 0 aliphatic carbocycles. The molecule has 1 aromatic carbocycles. The van der Waals surface area contributed by atoms with Gasteiger partial charge in [0.2, 0.25) is 11.8 Å². The maximum absolute atomic E-state index is 12.6. The Kier molecular flexibility index (Phi) is 5.88. The molecular formula is C19H25N3O4. The highest BCUT2D eigenvalue weighted by molar-refractivity contribution is 5.88. The lowest BCUT2D eigenvalue weighted by Gasteiger charge is -2.21. The number of ether oxygens (including phenoxy) is 1. The summed E-state index contributed by atoms with van der Waals surface area (Å²) in [7, 11) is 1.29. The van der Waals surface area contributed by atoms with E-state index >= 15 is 0 Å². The van der Waals surface area contributed by atoms with E-state index in [9.17, 15) is 14.4 Å². The van der Waals surface area contributed by atoms with Gasteiger partial charge in [-0.05, 0) is 30.7 Å². The van der Waals surface area contributed by atoms with Crippen molar-refractivity contribution < 1.29 is 19.1 Å². The van der Waals surface area contributed by atoms with Crippen molar-refractivity contribution in [2.45, 2.75) is 37.3 Å². The summed E-state index contributed by atoms with van der Waals surface area (Å²) in [5.74, 6) is -0.818. The third-order valence-corrected chi connectivity index (χ3v) is 5.20. The fourth-order valence-electron chi connectivity index (χ4n) is 3.70. The number of hydrogen-bond donors (Lipinski definition) is 3. The Balaban J connectivity index is 1.59. The lowest BCUT2D eigenvalue weighted by atomic mass is 9.95. The molecule has 2 fully saturated rings. The van der Waals surface area contributed by atoms with Gasteiger partial charge < -0.3 is 20.7 Å². The molecule has 0 radical (unpaired) electrons. The Bertz CT molecular complexity index is 664. The number of amides is 2. The molecule has 0 saturated carbocycles. The largest absolute Gasteiger partial charge is 0.467 e. The van der Waals surface area contributed by atoms with Gasteiger partial charge in [-0.2, -0.15) is 0 Å². The van der Waals surface area contributed by atoms with Gasteiger partial charge in [-0.15, -0.1) is 0 Å². The van der Waals surface area contributed by atoms with Crippen LogP contribution in [0.2, 0.25) is 0 Å². The standard InChI is InChI=1S/C19H25N3O4/c1-26-19(25)16(9-13-7-8-20-17(13)23)22-18(24)15-10-14(11-21-15)12-5-3-2-4-6-12/h2-6,13-16,21H,7-11H2,1H3,(H,20,23)(H,22,24)/t13-,14?,15?,16?/m0/s1. The van der Waals surface area contributed by atoms with Crippen LogP contribution in [-0.2, 0) is 19.1 Å². The van der Waals surface area contributed by atoms with E-state index in [1.807, 2.05) is 18.2 Å². The molecule has 2 saturated heterocycles. The van der Waals surface area contributed by atoms with Gasteiger partial charge in [-0.3, -0.25) is 9.59 Å². The van der Waals surface area contributed by atoms with E-state index in [1.54, 1.807) is 0 Å². The zero-order chi connectivity index (χ0) is 18.5. The van der Waals surface area contributed by atoms with Crippen LogP contribution in [-0.4, -0.2) is 50.1 Å². The number of carbonyl (C=O) groups excluding carboxylic acids is 3. The normalized spacial score (nSPS) is 26.2. The Morgan fingerprint density at radius 3 is 2.73 bits per heavy atom. The molecule has 2 heterocycles. The summed E-state index contributed by atoms with van der Waals surface area (Å²) in [6.45, 7) is 1.32. The van der Waals surface area contributed by atoms with Crippen LogP contribution in [0, 0.1) is 5.92 Å². The molecule has 2 amide bonds. The second kappa shape index (κ2) is 8.31. The average Bonchev–Trinajstić information content (AvgIpc) is 3.31. The van der Waals surface area contributed by atoms with Crippen LogP contribution in [0.15, 0.2) is 30.3 Å². The molecule has 2 aliphatic heterocycles. The zero-order valence-electron chi connectivity index (χ0n) is 14.9. The maximum Gasteiger partial charge on any atom is 0.328 e. The number of hydrogen-bond acceptors (Lipinski definition) is 5. The lowest BCUT2D eigenvalue weighted by Crippen LogP contribution is -2.49. The summed E-state index contributed by atoms with van der Waals surface area (Å²) in [5.41, 5.74) is 1.20. The van der Waals surface area contributed by atoms with Gasteiger partial charge in [0.05, 0.1) is 13.2 Å². The van der Waals surface area contributed by atoms with E-state index in [2.05, 4.69) is 28.1 Å². The first-order chi connectivity index (χ1) is 12.6. The van der Waals surface area contributed by atoms with E-state index < -0.39 is 12.0 Å². The van der Waals surface area contributed by atoms with Crippen LogP contribution in [0.1, 0.15) is 30.7 Å². The first kappa shape index (κ1) is 18.4. The van der Waals surface area contributed by atoms with Crippen LogP contribution in [0.5, 0.6) is 0 Å². The number of rotatable bonds is 6. The van der Waals surface area contributed by atoms with Crippen molar-refractivity contribution in [3.8, 4) is 0 Å². The second-order valence-electron chi connectivity index (χ2n) is 6.90. The Hall–Kier alpha value is -2.41. The molecule has 2 aliphatic rings.